The van der Waals surface area contributed by atoms with E-state index in [0.717, 1.165) is 128 Å². The molecular weight excluding hydrogens is 1880 g/mol. The van der Waals surface area contributed by atoms with Crippen molar-refractivity contribution < 1.29 is 42.6 Å². The average molecular weight is 1940 g/mol. The van der Waals surface area contributed by atoms with E-state index in [2.05, 4.69) is 127 Å². The Balaban J connectivity index is 0.000000120. The van der Waals surface area contributed by atoms with Gasteiger partial charge in [-0.05, 0) is 201 Å². The summed E-state index contributed by atoms with van der Waals surface area (Å²) in [5, 5.41) is 9.66. The van der Waals surface area contributed by atoms with Gasteiger partial charge in [0.05, 0.1) is 59.1 Å². The van der Waals surface area contributed by atoms with Crippen molar-refractivity contribution in [1.82, 2.24) is 9.96 Å². The molecule has 12 aromatic rings. The molecule has 8 aromatic heterocycles. The highest BCUT2D eigenvalue weighted by Crippen LogP contribution is 2.49. The van der Waals surface area contributed by atoms with E-state index < -0.39 is 11.9 Å². The molecule has 1 saturated heterocycles. The van der Waals surface area contributed by atoms with E-state index in [9.17, 15) is 18.8 Å². The maximum Gasteiger partial charge on any atom is 0.322 e. The first-order valence-electron chi connectivity index (χ1n) is 33.9. The van der Waals surface area contributed by atoms with Crippen molar-refractivity contribution in [2.75, 3.05) is 26.9 Å². The molecule has 0 aliphatic carbocycles. The number of rotatable bonds is 13. The normalized spacial score (nSPS) is 15.8. The topological polar surface area (TPSA) is 104 Å². The number of hydrogen-bond acceptors (Lipinski definition) is 17. The zero-order valence-corrected chi connectivity index (χ0v) is 74.3. The second-order valence-electron chi connectivity index (χ2n) is 24.7. The minimum absolute atomic E-state index is 0.0214. The molecular formula is C86H59Br3Cl5FN2O8S8. The van der Waals surface area contributed by atoms with E-state index in [-0.39, 0.29) is 24.1 Å². The van der Waals surface area contributed by atoms with Crippen LogP contribution in [-0.4, -0.2) is 54.7 Å². The minimum atomic E-state index is -0.418. The summed E-state index contributed by atoms with van der Waals surface area (Å²) in [5.41, 5.74) is 15.1. The Hall–Kier alpha value is -7.69. The van der Waals surface area contributed by atoms with Crippen LogP contribution in [0.15, 0.2) is 283 Å². The highest BCUT2D eigenvalue weighted by atomic mass is 79.9. The van der Waals surface area contributed by atoms with Gasteiger partial charge in [-0.1, -0.05) is 170 Å². The zero-order valence-electron chi connectivity index (χ0n) is 59.2. The molecule has 0 saturated carbocycles. The minimum Gasteiger partial charge on any atom is -0.489 e. The molecule has 1 unspecified atom stereocenters. The summed E-state index contributed by atoms with van der Waals surface area (Å²) in [6.07, 6.45) is 0.194. The number of thiophene rings is 8. The van der Waals surface area contributed by atoms with E-state index in [1.165, 1.54) is 50.8 Å². The summed E-state index contributed by atoms with van der Waals surface area (Å²) >= 11 is 53.4. The summed E-state index contributed by atoms with van der Waals surface area (Å²) in [4.78, 5) is 50.4. The van der Waals surface area contributed by atoms with Gasteiger partial charge in [-0.3, -0.25) is 14.4 Å². The number of hydrogen-bond donors (Lipinski definition) is 0. The van der Waals surface area contributed by atoms with Crippen molar-refractivity contribution in [3.63, 3.8) is 0 Å². The Labute approximate surface area is 734 Å². The smallest absolute Gasteiger partial charge is 0.322 e. The Bertz CT molecular complexity index is 5670. The van der Waals surface area contributed by atoms with Crippen LogP contribution < -0.4 is 0 Å². The van der Waals surface area contributed by atoms with Gasteiger partial charge in [-0.2, -0.15) is 0 Å². The molecule has 14 heterocycles. The first kappa shape index (κ1) is 83.3. The molecule has 0 N–H and O–H groups in total. The van der Waals surface area contributed by atoms with Crippen LogP contribution in [-0.2, 0) is 44.7 Å². The summed E-state index contributed by atoms with van der Waals surface area (Å²) in [6.45, 7) is 22.3. The Morgan fingerprint density at radius 3 is 1.39 bits per heavy atom. The fourth-order valence-corrected chi connectivity index (χ4v) is 21.6. The number of amides is 1. The predicted molar refractivity (Wildman–Crippen MR) is 484 cm³/mol. The molecule has 10 nitrogen and oxygen atoms in total. The number of hydroxylamine groups is 2. The van der Waals surface area contributed by atoms with Gasteiger partial charge < -0.3 is 28.7 Å². The number of likely N-dealkylation sites (N-methyl/N-ethyl adjacent to an activating group) is 1. The van der Waals surface area contributed by atoms with E-state index >= 15 is 0 Å². The van der Waals surface area contributed by atoms with E-state index in [1.807, 2.05) is 143 Å². The maximum absolute atomic E-state index is 13.0. The molecule has 6 aliphatic rings. The zero-order chi connectivity index (χ0) is 79.7. The second kappa shape index (κ2) is 37.9. The van der Waals surface area contributed by atoms with E-state index in [0.29, 0.717) is 63.6 Å². The average Bonchev–Trinajstić information content (AvgIpc) is 1.60. The van der Waals surface area contributed by atoms with Crippen LogP contribution in [0.5, 0.6) is 0 Å². The third kappa shape index (κ3) is 19.9. The number of allylic oxidation sites excluding steroid dienone is 5. The van der Waals surface area contributed by atoms with Crippen LogP contribution in [0.25, 0.3) is 55.9 Å². The quantitative estimate of drug-likeness (QED) is 0.0824. The molecule has 0 radical (unpaired) electrons. The lowest BCUT2D eigenvalue weighted by Crippen LogP contribution is -2.19. The van der Waals surface area contributed by atoms with Gasteiger partial charge in [0.2, 0.25) is 0 Å². The van der Waals surface area contributed by atoms with Crippen molar-refractivity contribution in [1.29, 1.82) is 0 Å². The van der Waals surface area contributed by atoms with Crippen molar-refractivity contribution in [3.8, 4) is 0 Å². The number of nitrogens with zero attached hydrogens (tertiary/aromatic N) is 2. The van der Waals surface area contributed by atoms with E-state index in [1.54, 1.807) is 98.2 Å². The molecule has 18 rings (SSSR count). The van der Waals surface area contributed by atoms with Crippen LogP contribution in [0.3, 0.4) is 0 Å². The summed E-state index contributed by atoms with van der Waals surface area (Å²) < 4.78 is 39.0. The molecule has 6 aliphatic heterocycles. The second-order valence-corrected chi connectivity index (χ2v) is 39.6. The lowest BCUT2D eigenvalue weighted by molar-refractivity contribution is -0.152. The standard InChI is InChI=1S/C19H14ClNOS2.C15H9BrCl2OS.C15H10BrClOS.C15H10BrFOS.C14H10ClNOS2.C8H6O3S/c1-13-18(15-8-5-11-23-15)19(16-9-10-17(20)24-16)21(22-13)12-14-6-3-2-4-7-14;1-8-15(9-2-3-11(17)12(18)6-9)10(7-19-8)13-4-5-14(16)20-13;2*1-9-15(10-2-4-11(17)5-3-10)12(8-18-9)13-6-7-14(16)19-13;1-8-12(9-4-3-7-18-9)13(14(17)16(8)2)10-5-6-11(15)19-10;9-7-4-5(8(10)11-7)6-2-1-3-12-6/h2-11H,1,12H2;2-6H,1,7H2;2*2-7H,1,8H2;3-7H,1H2,2H3;1-3,5H,4H2. The van der Waals surface area contributed by atoms with Crippen molar-refractivity contribution >= 4 is 270 Å². The molecule has 1 amide bonds. The van der Waals surface area contributed by atoms with E-state index in [4.69, 9.17) is 77.1 Å². The van der Waals surface area contributed by atoms with Gasteiger partial charge in [0.1, 0.15) is 54.5 Å². The predicted octanol–water partition coefficient (Wildman–Crippen LogP) is 29.0. The molecule has 572 valence electrons. The Morgan fingerprint density at radius 1 is 0.460 bits per heavy atom. The highest BCUT2D eigenvalue weighted by molar-refractivity contribution is 9.11. The van der Waals surface area contributed by atoms with Crippen LogP contribution in [0, 0.1) is 5.82 Å². The SMILES string of the molecule is C=C1C(c2cccs2)=C(c2ccc(Cl)s2)C(=O)N1C.C=C1OCC(c2ccc(Br)s2)=C1c1ccc(Cl)c(Cl)c1.C=C1OCC(c2ccc(Br)s2)=C1c1ccc(Cl)cc1.C=C1OCC(c2ccc(Br)s2)=C1c1ccc(F)cc1.C=C1ON(Cc2ccccc2)C(c2ccc(Cl)s2)=C1c1cccs1.O=C1CC(c2cccs2)C(=O)O1. The van der Waals surface area contributed by atoms with Gasteiger partial charge in [0.15, 0.2) is 5.76 Å². The number of carbonyl (C=O) groups excluding carboxylic acids is 3. The third-order valence-electron chi connectivity index (χ3n) is 17.5. The van der Waals surface area contributed by atoms with Crippen LogP contribution in [0.2, 0.25) is 23.7 Å². The lowest BCUT2D eigenvalue weighted by Gasteiger charge is -2.20. The first-order valence-corrected chi connectivity index (χ1v) is 44.9. The van der Waals surface area contributed by atoms with Crippen molar-refractivity contribution in [3.05, 3.63) is 374 Å². The van der Waals surface area contributed by atoms with Crippen LogP contribution in [0.1, 0.15) is 73.6 Å². The molecule has 1 atom stereocenters. The molecule has 0 bridgehead atoms. The molecule has 4 aromatic carbocycles. The van der Waals surface area contributed by atoms with Crippen LogP contribution >= 0.6 is 196 Å². The fraction of sp³-hybridized carbons (Fsp3) is 0.0814. The summed E-state index contributed by atoms with van der Waals surface area (Å²) in [5.74, 6) is 1.27. The fourth-order valence-electron chi connectivity index (χ4n) is 12.3. The molecule has 113 heavy (non-hydrogen) atoms. The largest absolute Gasteiger partial charge is 0.489 e. The van der Waals surface area contributed by atoms with Gasteiger partial charge in [0, 0.05) is 90.9 Å². The van der Waals surface area contributed by atoms with Crippen LogP contribution in [0.4, 0.5) is 4.39 Å². The third-order valence-corrected chi connectivity index (χ3v) is 28.8. The van der Waals surface area contributed by atoms with Crippen molar-refractivity contribution in [2.45, 2.75) is 18.9 Å². The number of esters is 2. The monoisotopic (exact) mass is 1930 g/mol. The summed E-state index contributed by atoms with van der Waals surface area (Å²) in [6, 6.07) is 61.8. The highest BCUT2D eigenvalue weighted by Gasteiger charge is 2.37. The van der Waals surface area contributed by atoms with Gasteiger partial charge in [-0.25, -0.2) is 9.45 Å². The molecule has 1 fully saturated rings. The number of carbonyl (C=O) groups is 3. The number of cyclic esters (lactones) is 2. The number of halogens is 9. The molecule has 27 heteroatoms. The Morgan fingerprint density at radius 2 is 0.938 bits per heavy atom. The molecule has 0 spiro atoms. The lowest BCUT2D eigenvalue weighted by atomic mass is 10.00. The van der Waals surface area contributed by atoms with Gasteiger partial charge in [-0.15, -0.1) is 90.7 Å². The number of benzene rings is 4. The maximum atomic E-state index is 13.0. The van der Waals surface area contributed by atoms with Gasteiger partial charge >= 0.3 is 11.9 Å². The summed E-state index contributed by atoms with van der Waals surface area (Å²) in [7, 11) is 1.75. The number of ether oxygens (including phenoxy) is 4. The van der Waals surface area contributed by atoms with Gasteiger partial charge in [0.25, 0.3) is 5.91 Å². The first-order chi connectivity index (χ1) is 54.4. The van der Waals surface area contributed by atoms with Crippen molar-refractivity contribution in [2.24, 2.45) is 0 Å². The Kier molecular flexibility index (Phi) is 28.0.